The van der Waals surface area contributed by atoms with Crippen LogP contribution >= 0.6 is 0 Å². The van der Waals surface area contributed by atoms with E-state index in [0.29, 0.717) is 23.8 Å². The Bertz CT molecular complexity index is 378. The first-order chi connectivity index (χ1) is 7.60. The molecule has 0 saturated heterocycles. The predicted molar refractivity (Wildman–Crippen MR) is 59.4 cm³/mol. The van der Waals surface area contributed by atoms with E-state index in [4.69, 9.17) is 9.84 Å². The summed E-state index contributed by atoms with van der Waals surface area (Å²) in [6.45, 7) is 3.87. The molecule has 0 heterocycles. The van der Waals surface area contributed by atoms with Crippen LogP contribution in [0.2, 0.25) is 0 Å². The Morgan fingerprint density at radius 3 is 2.75 bits per heavy atom. The van der Waals surface area contributed by atoms with E-state index in [9.17, 15) is 10.1 Å². The number of aliphatic hydroxyl groups is 1. The van der Waals surface area contributed by atoms with Gasteiger partial charge in [-0.2, -0.15) is 0 Å². The summed E-state index contributed by atoms with van der Waals surface area (Å²) in [5.41, 5.74) is 0.574. The third kappa shape index (κ3) is 2.70. The van der Waals surface area contributed by atoms with Crippen molar-refractivity contribution in [3.05, 3.63) is 39.8 Å². The second-order valence-corrected chi connectivity index (χ2v) is 3.31. The maximum Gasteiger partial charge on any atom is 0.269 e. The van der Waals surface area contributed by atoms with Gasteiger partial charge in [-0.25, -0.2) is 0 Å². The van der Waals surface area contributed by atoms with E-state index in [0.717, 1.165) is 0 Å². The quantitative estimate of drug-likeness (QED) is 0.612. The lowest BCUT2D eigenvalue weighted by Crippen LogP contribution is -2.05. The highest BCUT2D eigenvalue weighted by molar-refractivity contribution is 5.50. The average molecular weight is 224 g/mol. The third-order valence-electron chi connectivity index (χ3n) is 2.17. The number of non-ortho nitro benzene ring substituents is 1. The number of nitrogens with zero attached hydrogens (tertiary/aromatic N) is 1. The van der Waals surface area contributed by atoms with Crippen LogP contribution in [0.4, 0.5) is 5.69 Å². The Morgan fingerprint density at radius 2 is 2.25 bits per heavy atom. The molecule has 0 spiro atoms. The summed E-state index contributed by atoms with van der Waals surface area (Å²) in [5, 5.41) is 19.7. The van der Waals surface area contributed by atoms with Crippen LogP contribution in [0, 0.1) is 16.0 Å². The molecular weight excluding hydrogens is 210 g/mol. The SMILES string of the molecule is CCOc1ccc([N+](=O)[O-])cc1[C](C)CO. The maximum absolute atomic E-state index is 10.6. The molecule has 1 rings (SSSR count). The molecule has 0 aliphatic heterocycles. The zero-order valence-corrected chi connectivity index (χ0v) is 9.27. The molecule has 5 heteroatoms. The summed E-state index contributed by atoms with van der Waals surface area (Å²) in [7, 11) is 0. The van der Waals surface area contributed by atoms with Crippen LogP contribution in [0.5, 0.6) is 5.75 Å². The number of ether oxygens (including phenoxy) is 1. The van der Waals surface area contributed by atoms with Crippen molar-refractivity contribution in [1.29, 1.82) is 0 Å². The third-order valence-corrected chi connectivity index (χ3v) is 2.17. The standard InChI is InChI=1S/C11H14NO4/c1-3-16-11-5-4-9(12(14)15)6-10(11)8(2)7-13/h4-6,13H,3,7H2,1-2H3. The highest BCUT2D eigenvalue weighted by Gasteiger charge is 2.16. The number of rotatable bonds is 5. The van der Waals surface area contributed by atoms with E-state index in [1.165, 1.54) is 12.1 Å². The number of nitro benzene ring substituents is 1. The van der Waals surface area contributed by atoms with Crippen molar-refractivity contribution in [1.82, 2.24) is 0 Å². The zero-order valence-electron chi connectivity index (χ0n) is 9.27. The molecule has 1 N–H and O–H groups in total. The van der Waals surface area contributed by atoms with Gasteiger partial charge in [0.2, 0.25) is 0 Å². The van der Waals surface area contributed by atoms with Crippen molar-refractivity contribution < 1.29 is 14.8 Å². The normalized spacial score (nSPS) is 10.5. The van der Waals surface area contributed by atoms with Crippen molar-refractivity contribution in [3.8, 4) is 5.75 Å². The molecule has 0 aliphatic carbocycles. The Balaban J connectivity index is 3.15. The molecule has 0 atom stereocenters. The fourth-order valence-electron chi connectivity index (χ4n) is 1.33. The Labute approximate surface area is 93.8 Å². The van der Waals surface area contributed by atoms with Gasteiger partial charge in [0.1, 0.15) is 5.75 Å². The fourth-order valence-corrected chi connectivity index (χ4v) is 1.33. The van der Waals surface area contributed by atoms with Crippen molar-refractivity contribution in [2.45, 2.75) is 13.8 Å². The van der Waals surface area contributed by atoms with Gasteiger partial charge in [-0.05, 0) is 13.0 Å². The van der Waals surface area contributed by atoms with E-state index in [1.807, 2.05) is 6.92 Å². The molecule has 87 valence electrons. The van der Waals surface area contributed by atoms with Crippen LogP contribution < -0.4 is 4.74 Å². The second kappa shape index (κ2) is 5.46. The number of nitro groups is 1. The molecule has 0 unspecified atom stereocenters. The minimum Gasteiger partial charge on any atom is -0.494 e. The van der Waals surface area contributed by atoms with Crippen LogP contribution in [0.15, 0.2) is 18.2 Å². The summed E-state index contributed by atoms with van der Waals surface area (Å²) < 4.78 is 5.34. The van der Waals surface area contributed by atoms with Gasteiger partial charge in [-0.1, -0.05) is 6.92 Å². The maximum atomic E-state index is 10.6. The highest BCUT2D eigenvalue weighted by atomic mass is 16.6. The van der Waals surface area contributed by atoms with Gasteiger partial charge in [-0.3, -0.25) is 10.1 Å². The molecule has 0 aliphatic rings. The lowest BCUT2D eigenvalue weighted by Gasteiger charge is -2.13. The van der Waals surface area contributed by atoms with E-state index in [-0.39, 0.29) is 12.3 Å². The van der Waals surface area contributed by atoms with Crippen molar-refractivity contribution >= 4 is 5.69 Å². The Hall–Kier alpha value is -1.62. The fraction of sp³-hybridized carbons (Fsp3) is 0.364. The van der Waals surface area contributed by atoms with Gasteiger partial charge in [0.05, 0.1) is 18.1 Å². The summed E-state index contributed by atoms with van der Waals surface area (Å²) in [4.78, 5) is 10.2. The second-order valence-electron chi connectivity index (χ2n) is 3.31. The largest absolute Gasteiger partial charge is 0.494 e. The van der Waals surface area contributed by atoms with Gasteiger partial charge in [-0.15, -0.1) is 0 Å². The van der Waals surface area contributed by atoms with Gasteiger partial charge in [0, 0.05) is 23.6 Å². The Kier molecular flexibility index (Phi) is 4.25. The monoisotopic (exact) mass is 224 g/mol. The van der Waals surface area contributed by atoms with Crippen LogP contribution in [0.1, 0.15) is 19.4 Å². The van der Waals surface area contributed by atoms with E-state index in [1.54, 1.807) is 13.0 Å². The molecule has 0 bridgehead atoms. The molecule has 1 aromatic rings. The highest BCUT2D eigenvalue weighted by Crippen LogP contribution is 2.29. The van der Waals surface area contributed by atoms with Gasteiger partial charge >= 0.3 is 0 Å². The van der Waals surface area contributed by atoms with Crippen molar-refractivity contribution in [3.63, 3.8) is 0 Å². The van der Waals surface area contributed by atoms with Crippen LogP contribution in [0.25, 0.3) is 0 Å². The van der Waals surface area contributed by atoms with Gasteiger partial charge in [0.25, 0.3) is 5.69 Å². The minimum atomic E-state index is -0.468. The van der Waals surface area contributed by atoms with E-state index >= 15 is 0 Å². The number of hydrogen-bond acceptors (Lipinski definition) is 4. The van der Waals surface area contributed by atoms with E-state index in [2.05, 4.69) is 0 Å². The van der Waals surface area contributed by atoms with Gasteiger partial charge in [0.15, 0.2) is 0 Å². The number of benzene rings is 1. The summed E-state index contributed by atoms with van der Waals surface area (Å²) in [6, 6.07) is 4.35. The van der Waals surface area contributed by atoms with Crippen molar-refractivity contribution in [2.75, 3.05) is 13.2 Å². The lowest BCUT2D eigenvalue weighted by atomic mass is 10.0. The summed E-state index contributed by atoms with van der Waals surface area (Å²) >= 11 is 0. The molecular formula is C11H14NO4. The zero-order chi connectivity index (χ0) is 12.1. The average Bonchev–Trinajstić information content (AvgIpc) is 2.28. The van der Waals surface area contributed by atoms with Crippen LogP contribution in [0.3, 0.4) is 0 Å². The lowest BCUT2D eigenvalue weighted by molar-refractivity contribution is -0.384. The summed E-state index contributed by atoms with van der Waals surface area (Å²) in [6.07, 6.45) is 0. The first-order valence-corrected chi connectivity index (χ1v) is 4.95. The minimum absolute atomic E-state index is 0.00810. The summed E-state index contributed by atoms with van der Waals surface area (Å²) in [5.74, 6) is 1.20. The van der Waals surface area contributed by atoms with E-state index < -0.39 is 4.92 Å². The number of hydrogen-bond donors (Lipinski definition) is 1. The molecule has 1 radical (unpaired) electrons. The molecule has 16 heavy (non-hydrogen) atoms. The predicted octanol–water partition coefficient (Wildman–Crippen LogP) is 1.93. The molecule has 0 amide bonds. The first-order valence-electron chi connectivity index (χ1n) is 4.95. The molecule has 0 fully saturated rings. The topological polar surface area (TPSA) is 72.6 Å². The molecule has 1 aromatic carbocycles. The Morgan fingerprint density at radius 1 is 1.56 bits per heavy atom. The number of aliphatic hydroxyl groups excluding tert-OH is 1. The molecule has 0 saturated carbocycles. The first kappa shape index (κ1) is 12.4. The molecule has 5 nitrogen and oxygen atoms in total. The molecule has 0 aromatic heterocycles. The van der Waals surface area contributed by atoms with Crippen LogP contribution in [-0.4, -0.2) is 23.2 Å². The van der Waals surface area contributed by atoms with Gasteiger partial charge < -0.3 is 9.84 Å². The smallest absolute Gasteiger partial charge is 0.269 e. The van der Waals surface area contributed by atoms with Crippen molar-refractivity contribution in [2.24, 2.45) is 0 Å². The van der Waals surface area contributed by atoms with Crippen LogP contribution in [-0.2, 0) is 0 Å².